The topological polar surface area (TPSA) is 125 Å². The maximum atomic E-state index is 13.2. The SMILES string of the molecule is COc1ccc(S(=O)(=O)c2ccc(Oc3ccc(Oc4ccc(S(=O)(=O)c5ccc(Oc6ccc(O)cc6)cc5)cc4)cc3)cc2)cc1. The molecule has 0 radical (unpaired) electrons. The van der Waals surface area contributed by atoms with Crippen LogP contribution in [0.5, 0.6) is 46.0 Å². The van der Waals surface area contributed by atoms with Crippen LogP contribution in [0.1, 0.15) is 0 Å². The second kappa shape index (κ2) is 13.5. The predicted octanol–water partition coefficient (Wildman–Crippen LogP) is 8.44. The van der Waals surface area contributed by atoms with Crippen LogP contribution < -0.4 is 18.9 Å². The summed E-state index contributed by atoms with van der Waals surface area (Å²) in [6.45, 7) is 0. The fraction of sp³-hybridized carbons (Fsp3) is 0.0270. The van der Waals surface area contributed by atoms with Crippen molar-refractivity contribution >= 4 is 19.7 Å². The molecule has 0 bridgehead atoms. The van der Waals surface area contributed by atoms with Crippen LogP contribution in [0.25, 0.3) is 0 Å². The Morgan fingerprint density at radius 1 is 0.354 bits per heavy atom. The third-order valence-corrected chi connectivity index (χ3v) is 10.7. The number of methoxy groups -OCH3 is 1. The molecule has 0 spiro atoms. The molecule has 0 amide bonds. The zero-order valence-corrected chi connectivity index (χ0v) is 27.0. The van der Waals surface area contributed by atoms with E-state index < -0.39 is 19.7 Å². The highest BCUT2D eigenvalue weighted by Crippen LogP contribution is 2.31. The summed E-state index contributed by atoms with van der Waals surface area (Å²) in [7, 11) is -5.97. The van der Waals surface area contributed by atoms with E-state index in [0.717, 1.165) is 0 Å². The maximum absolute atomic E-state index is 13.2. The van der Waals surface area contributed by atoms with E-state index in [2.05, 4.69) is 0 Å². The average Bonchev–Trinajstić information content (AvgIpc) is 3.11. The summed E-state index contributed by atoms with van der Waals surface area (Å²) in [6, 6.07) is 37.5. The van der Waals surface area contributed by atoms with Crippen molar-refractivity contribution in [3.05, 3.63) is 146 Å². The Labute approximate surface area is 278 Å². The first kappa shape index (κ1) is 32.2. The van der Waals surface area contributed by atoms with Crippen LogP contribution >= 0.6 is 0 Å². The molecule has 0 atom stereocenters. The van der Waals surface area contributed by atoms with Crippen molar-refractivity contribution in [2.24, 2.45) is 0 Å². The van der Waals surface area contributed by atoms with Gasteiger partial charge in [-0.2, -0.15) is 0 Å². The lowest BCUT2D eigenvalue weighted by Gasteiger charge is -2.10. The smallest absolute Gasteiger partial charge is 0.206 e. The highest BCUT2D eigenvalue weighted by Gasteiger charge is 2.19. The second-order valence-corrected chi connectivity index (χ2v) is 14.3. The predicted molar refractivity (Wildman–Crippen MR) is 178 cm³/mol. The van der Waals surface area contributed by atoms with Crippen LogP contribution in [-0.4, -0.2) is 29.1 Å². The van der Waals surface area contributed by atoms with Crippen LogP contribution in [-0.2, 0) is 19.7 Å². The van der Waals surface area contributed by atoms with Gasteiger partial charge in [-0.3, -0.25) is 0 Å². The first-order chi connectivity index (χ1) is 23.1. The number of aromatic hydroxyl groups is 1. The van der Waals surface area contributed by atoms with Crippen molar-refractivity contribution < 1.29 is 40.9 Å². The Hall–Kier alpha value is -5.78. The van der Waals surface area contributed by atoms with E-state index in [4.69, 9.17) is 18.9 Å². The molecule has 0 heterocycles. The highest BCUT2D eigenvalue weighted by molar-refractivity contribution is 7.91. The van der Waals surface area contributed by atoms with Gasteiger partial charge in [0.05, 0.1) is 26.7 Å². The second-order valence-electron chi connectivity index (χ2n) is 10.4. The van der Waals surface area contributed by atoms with Crippen molar-refractivity contribution in [1.82, 2.24) is 0 Å². The molecule has 0 aromatic heterocycles. The van der Waals surface area contributed by atoms with Crippen molar-refractivity contribution in [3.63, 3.8) is 0 Å². The van der Waals surface area contributed by atoms with Crippen molar-refractivity contribution in [2.45, 2.75) is 19.6 Å². The molecule has 0 fully saturated rings. The van der Waals surface area contributed by atoms with Gasteiger partial charge in [0.25, 0.3) is 0 Å². The van der Waals surface area contributed by atoms with E-state index in [1.54, 1.807) is 84.9 Å². The van der Waals surface area contributed by atoms with Crippen LogP contribution in [0, 0.1) is 0 Å². The Kier molecular flexibility index (Phi) is 9.06. The fourth-order valence-electron chi connectivity index (χ4n) is 4.59. The Morgan fingerprint density at radius 2 is 0.562 bits per heavy atom. The Morgan fingerprint density at radius 3 is 0.812 bits per heavy atom. The van der Waals surface area contributed by atoms with Crippen LogP contribution in [0.15, 0.2) is 165 Å². The molecule has 0 saturated heterocycles. The molecule has 9 nitrogen and oxygen atoms in total. The van der Waals surface area contributed by atoms with Crippen molar-refractivity contribution in [1.29, 1.82) is 0 Å². The molecule has 0 saturated carbocycles. The lowest BCUT2D eigenvalue weighted by Crippen LogP contribution is -2.02. The summed E-state index contributed by atoms with van der Waals surface area (Å²) in [5.41, 5.74) is 0. The monoisotopic (exact) mass is 680 g/mol. The van der Waals surface area contributed by atoms with Crippen molar-refractivity contribution in [2.75, 3.05) is 7.11 Å². The van der Waals surface area contributed by atoms with E-state index in [9.17, 15) is 21.9 Å². The first-order valence-electron chi connectivity index (χ1n) is 14.5. The number of hydrogen-bond donors (Lipinski definition) is 1. The molecule has 6 aromatic rings. The summed E-state index contributed by atoms with van der Waals surface area (Å²) >= 11 is 0. The normalized spacial score (nSPS) is 11.4. The van der Waals surface area contributed by atoms with E-state index >= 15 is 0 Å². The van der Waals surface area contributed by atoms with Crippen LogP contribution in [0.2, 0.25) is 0 Å². The number of rotatable bonds is 11. The lowest BCUT2D eigenvalue weighted by atomic mass is 10.3. The van der Waals surface area contributed by atoms with Crippen LogP contribution in [0.3, 0.4) is 0 Å². The third-order valence-electron chi connectivity index (χ3n) is 7.14. The third kappa shape index (κ3) is 7.27. The minimum Gasteiger partial charge on any atom is -0.508 e. The van der Waals surface area contributed by atoms with Crippen LogP contribution in [0.4, 0.5) is 0 Å². The summed E-state index contributed by atoms with van der Waals surface area (Å²) in [6.07, 6.45) is 0. The zero-order valence-electron chi connectivity index (χ0n) is 25.4. The van der Waals surface area contributed by atoms with E-state index in [-0.39, 0.29) is 25.3 Å². The molecule has 6 rings (SSSR count). The Balaban J connectivity index is 1.05. The van der Waals surface area contributed by atoms with Gasteiger partial charge < -0.3 is 24.1 Å². The molecule has 0 aliphatic carbocycles. The molecular weight excluding hydrogens is 653 g/mol. The van der Waals surface area contributed by atoms with Gasteiger partial charge in [0, 0.05) is 0 Å². The van der Waals surface area contributed by atoms with Gasteiger partial charge in [-0.1, -0.05) is 0 Å². The summed E-state index contributed by atoms with van der Waals surface area (Å²) in [5, 5.41) is 9.41. The van der Waals surface area contributed by atoms with Gasteiger partial charge in [-0.25, -0.2) is 16.8 Å². The number of hydrogen-bond acceptors (Lipinski definition) is 9. The van der Waals surface area contributed by atoms with Gasteiger partial charge in [-0.15, -0.1) is 0 Å². The molecule has 0 aliphatic rings. The average molecular weight is 681 g/mol. The number of phenolic OH excluding ortho intramolecular Hbond substituents is 1. The number of phenols is 1. The van der Waals surface area contributed by atoms with Crippen molar-refractivity contribution in [3.8, 4) is 46.0 Å². The molecule has 48 heavy (non-hydrogen) atoms. The molecule has 11 heteroatoms. The quantitative estimate of drug-likeness (QED) is 0.143. The minimum atomic E-state index is -3.79. The highest BCUT2D eigenvalue weighted by atomic mass is 32.2. The lowest BCUT2D eigenvalue weighted by molar-refractivity contribution is 0.414. The molecule has 1 N–H and O–H groups in total. The van der Waals surface area contributed by atoms with E-state index in [1.165, 1.54) is 67.8 Å². The Bertz CT molecular complexity index is 2210. The van der Waals surface area contributed by atoms with Gasteiger partial charge in [0.1, 0.15) is 46.0 Å². The molecule has 6 aromatic carbocycles. The van der Waals surface area contributed by atoms with E-state index in [0.29, 0.717) is 40.2 Å². The van der Waals surface area contributed by atoms with Gasteiger partial charge >= 0.3 is 0 Å². The molecule has 0 aliphatic heterocycles. The molecule has 242 valence electrons. The largest absolute Gasteiger partial charge is 0.508 e. The first-order valence-corrected chi connectivity index (χ1v) is 17.4. The van der Waals surface area contributed by atoms with Gasteiger partial charge in [0.15, 0.2) is 0 Å². The fourth-order valence-corrected chi connectivity index (χ4v) is 7.11. The zero-order chi connectivity index (χ0) is 33.7. The minimum absolute atomic E-state index is 0.105. The van der Waals surface area contributed by atoms with Gasteiger partial charge in [0.2, 0.25) is 19.7 Å². The number of sulfone groups is 2. The molecular formula is C37H28O9S2. The number of benzene rings is 6. The molecule has 0 unspecified atom stereocenters. The van der Waals surface area contributed by atoms with E-state index in [1.807, 2.05) is 0 Å². The summed E-state index contributed by atoms with van der Waals surface area (Å²) < 4.78 is 74.9. The number of ether oxygens (including phenoxy) is 4. The summed E-state index contributed by atoms with van der Waals surface area (Å²) in [4.78, 5) is 0.511. The maximum Gasteiger partial charge on any atom is 0.206 e. The van der Waals surface area contributed by atoms with Gasteiger partial charge in [-0.05, 0) is 146 Å². The summed E-state index contributed by atoms with van der Waals surface area (Å²) in [5.74, 6) is 3.55. The standard InChI is InChI=1S/C37H28O9S2/c1-43-27-10-18-34(19-11-27)47(39,40)35-22-14-32(15-23-35)45-29-6-8-30(9-7-29)46-33-16-24-37(25-17-33)48(41,42)36-20-12-31(13-21-36)44-28-4-2-26(38)3-5-28/h2-25,38H,1H3.